The van der Waals surface area contributed by atoms with Crippen molar-refractivity contribution in [2.75, 3.05) is 6.61 Å². The van der Waals surface area contributed by atoms with Gasteiger partial charge in [-0.1, -0.05) is 41.4 Å². The molecule has 0 aliphatic carbocycles. The zero-order valence-corrected chi connectivity index (χ0v) is 8.35. The molecule has 1 atom stereocenters. The van der Waals surface area contributed by atoms with Crippen LogP contribution in [0.15, 0.2) is 30.4 Å². The molecular formula is C10H8Cl2O. The van der Waals surface area contributed by atoms with Crippen molar-refractivity contribution in [2.24, 2.45) is 0 Å². The summed E-state index contributed by atoms with van der Waals surface area (Å²) in [6.07, 6.45) is 4.04. The molecule has 0 fully saturated rings. The van der Waals surface area contributed by atoms with Crippen LogP contribution in [-0.4, -0.2) is 6.61 Å². The van der Waals surface area contributed by atoms with Crippen molar-refractivity contribution in [2.45, 2.75) is 6.10 Å². The molecule has 1 heterocycles. The van der Waals surface area contributed by atoms with Crippen LogP contribution in [-0.2, 0) is 4.74 Å². The van der Waals surface area contributed by atoms with Crippen LogP contribution < -0.4 is 0 Å². The molecule has 0 bridgehead atoms. The summed E-state index contributed by atoms with van der Waals surface area (Å²) >= 11 is 11.7. The molecule has 0 spiro atoms. The number of halogens is 2. The van der Waals surface area contributed by atoms with Crippen molar-refractivity contribution in [1.82, 2.24) is 0 Å². The lowest BCUT2D eigenvalue weighted by Gasteiger charge is -2.09. The van der Waals surface area contributed by atoms with E-state index in [0.717, 1.165) is 5.56 Å². The summed E-state index contributed by atoms with van der Waals surface area (Å²) in [6, 6.07) is 5.55. The monoisotopic (exact) mass is 214 g/mol. The molecule has 0 saturated heterocycles. The third kappa shape index (κ3) is 1.88. The summed E-state index contributed by atoms with van der Waals surface area (Å²) < 4.78 is 5.42. The molecule has 1 aliphatic rings. The summed E-state index contributed by atoms with van der Waals surface area (Å²) in [5, 5.41) is 1.15. The molecular weight excluding hydrogens is 207 g/mol. The molecule has 0 saturated carbocycles. The van der Waals surface area contributed by atoms with Gasteiger partial charge in [-0.3, -0.25) is 0 Å². The van der Waals surface area contributed by atoms with E-state index in [4.69, 9.17) is 27.9 Å². The maximum atomic E-state index is 5.88. The highest BCUT2D eigenvalue weighted by Gasteiger charge is 2.12. The predicted octanol–water partition coefficient (Wildman–Crippen LogP) is 3.62. The van der Waals surface area contributed by atoms with Crippen LogP contribution >= 0.6 is 23.2 Å². The number of benzene rings is 1. The van der Waals surface area contributed by atoms with E-state index < -0.39 is 0 Å². The van der Waals surface area contributed by atoms with Gasteiger partial charge in [0.15, 0.2) is 0 Å². The Morgan fingerprint density at radius 3 is 2.69 bits per heavy atom. The molecule has 0 radical (unpaired) electrons. The summed E-state index contributed by atoms with van der Waals surface area (Å²) in [6.45, 7) is 0.672. The van der Waals surface area contributed by atoms with Crippen LogP contribution in [0.25, 0.3) is 0 Å². The first kappa shape index (κ1) is 9.07. The zero-order valence-electron chi connectivity index (χ0n) is 6.84. The first-order valence-electron chi connectivity index (χ1n) is 4.00. The van der Waals surface area contributed by atoms with Gasteiger partial charge in [-0.25, -0.2) is 0 Å². The molecule has 68 valence electrons. The van der Waals surface area contributed by atoms with Crippen molar-refractivity contribution >= 4 is 23.2 Å². The van der Waals surface area contributed by atoms with E-state index in [-0.39, 0.29) is 6.10 Å². The van der Waals surface area contributed by atoms with Crippen LogP contribution in [0.3, 0.4) is 0 Å². The summed E-state index contributed by atoms with van der Waals surface area (Å²) in [5.41, 5.74) is 1.04. The van der Waals surface area contributed by atoms with E-state index in [1.54, 1.807) is 6.07 Å². The van der Waals surface area contributed by atoms with Gasteiger partial charge in [-0.05, 0) is 17.7 Å². The second-order valence-corrected chi connectivity index (χ2v) is 3.67. The largest absolute Gasteiger partial charge is 0.365 e. The third-order valence-corrected chi connectivity index (χ3v) is 2.69. The average Bonchev–Trinajstić information content (AvgIpc) is 2.62. The number of hydrogen-bond acceptors (Lipinski definition) is 1. The van der Waals surface area contributed by atoms with Crippen molar-refractivity contribution < 1.29 is 4.74 Å². The molecule has 0 amide bonds. The Morgan fingerprint density at radius 2 is 2.08 bits per heavy atom. The fourth-order valence-electron chi connectivity index (χ4n) is 1.29. The Hall–Kier alpha value is -0.500. The van der Waals surface area contributed by atoms with E-state index in [1.165, 1.54) is 0 Å². The molecule has 1 unspecified atom stereocenters. The Kier molecular flexibility index (Phi) is 2.58. The minimum absolute atomic E-state index is 0.0368. The van der Waals surface area contributed by atoms with Gasteiger partial charge in [-0.2, -0.15) is 0 Å². The lowest BCUT2D eigenvalue weighted by molar-refractivity contribution is 0.129. The SMILES string of the molecule is Clc1ccc(C2C=CCO2)cc1Cl. The zero-order chi connectivity index (χ0) is 9.26. The van der Waals surface area contributed by atoms with Crippen molar-refractivity contribution in [1.29, 1.82) is 0 Å². The van der Waals surface area contributed by atoms with Crippen LogP contribution in [0.4, 0.5) is 0 Å². The summed E-state index contributed by atoms with van der Waals surface area (Å²) in [7, 11) is 0. The average molecular weight is 215 g/mol. The standard InChI is InChI=1S/C10H8Cl2O/c11-8-4-3-7(6-9(8)12)10-2-1-5-13-10/h1-4,6,10H,5H2. The Bertz CT molecular complexity index is 347. The van der Waals surface area contributed by atoms with Gasteiger partial charge in [0.05, 0.1) is 16.7 Å². The highest BCUT2D eigenvalue weighted by Crippen LogP contribution is 2.29. The molecule has 1 aromatic carbocycles. The number of ether oxygens (including phenoxy) is 1. The molecule has 1 aromatic rings. The molecule has 1 aliphatic heterocycles. The van der Waals surface area contributed by atoms with Crippen LogP contribution in [0.2, 0.25) is 10.0 Å². The maximum absolute atomic E-state index is 5.88. The lowest BCUT2D eigenvalue weighted by Crippen LogP contribution is -1.95. The first-order chi connectivity index (χ1) is 6.27. The van der Waals surface area contributed by atoms with Gasteiger partial charge in [0.2, 0.25) is 0 Å². The van der Waals surface area contributed by atoms with E-state index >= 15 is 0 Å². The van der Waals surface area contributed by atoms with Gasteiger partial charge in [0, 0.05) is 0 Å². The fourth-order valence-corrected chi connectivity index (χ4v) is 1.60. The molecule has 1 nitrogen and oxygen atoms in total. The fraction of sp³-hybridized carbons (Fsp3) is 0.200. The molecule has 2 rings (SSSR count). The Labute approximate surface area is 86.9 Å². The topological polar surface area (TPSA) is 9.23 Å². The van der Waals surface area contributed by atoms with Crippen LogP contribution in [0.1, 0.15) is 11.7 Å². The van der Waals surface area contributed by atoms with Crippen LogP contribution in [0, 0.1) is 0 Å². The lowest BCUT2D eigenvalue weighted by atomic mass is 10.1. The normalized spacial score (nSPS) is 20.9. The molecule has 0 aromatic heterocycles. The summed E-state index contributed by atoms with van der Waals surface area (Å²) in [5.74, 6) is 0. The van der Waals surface area contributed by atoms with Crippen molar-refractivity contribution in [3.63, 3.8) is 0 Å². The van der Waals surface area contributed by atoms with E-state index in [0.29, 0.717) is 16.7 Å². The minimum Gasteiger partial charge on any atom is -0.365 e. The molecule has 3 heteroatoms. The van der Waals surface area contributed by atoms with E-state index in [1.807, 2.05) is 24.3 Å². The molecule has 0 N–H and O–H groups in total. The second kappa shape index (κ2) is 3.70. The van der Waals surface area contributed by atoms with Crippen molar-refractivity contribution in [3.8, 4) is 0 Å². The number of hydrogen-bond donors (Lipinski definition) is 0. The van der Waals surface area contributed by atoms with E-state index in [9.17, 15) is 0 Å². The summed E-state index contributed by atoms with van der Waals surface area (Å²) in [4.78, 5) is 0. The van der Waals surface area contributed by atoms with Crippen LogP contribution in [0.5, 0.6) is 0 Å². The van der Waals surface area contributed by atoms with Crippen molar-refractivity contribution in [3.05, 3.63) is 46.0 Å². The van der Waals surface area contributed by atoms with Gasteiger partial charge < -0.3 is 4.74 Å². The second-order valence-electron chi connectivity index (χ2n) is 2.86. The maximum Gasteiger partial charge on any atom is 0.101 e. The molecule has 13 heavy (non-hydrogen) atoms. The van der Waals surface area contributed by atoms with Gasteiger partial charge in [0.1, 0.15) is 6.10 Å². The quantitative estimate of drug-likeness (QED) is 0.650. The Morgan fingerprint density at radius 1 is 1.23 bits per heavy atom. The predicted molar refractivity (Wildman–Crippen MR) is 54.3 cm³/mol. The minimum atomic E-state index is 0.0368. The number of rotatable bonds is 1. The smallest absolute Gasteiger partial charge is 0.101 e. The van der Waals surface area contributed by atoms with Gasteiger partial charge in [0.25, 0.3) is 0 Å². The van der Waals surface area contributed by atoms with Gasteiger partial charge in [-0.15, -0.1) is 0 Å². The Balaban J connectivity index is 2.30. The van der Waals surface area contributed by atoms with Gasteiger partial charge >= 0.3 is 0 Å². The van der Waals surface area contributed by atoms with E-state index in [2.05, 4.69) is 0 Å². The first-order valence-corrected chi connectivity index (χ1v) is 4.76. The third-order valence-electron chi connectivity index (χ3n) is 1.96. The highest BCUT2D eigenvalue weighted by atomic mass is 35.5. The highest BCUT2D eigenvalue weighted by molar-refractivity contribution is 6.42.